The summed E-state index contributed by atoms with van der Waals surface area (Å²) in [5, 5.41) is 3.57. The van der Waals surface area contributed by atoms with Crippen LogP contribution in [0.15, 0.2) is 24.3 Å². The molecule has 2 atom stereocenters. The summed E-state index contributed by atoms with van der Waals surface area (Å²) in [6, 6.07) is 9.29. The molecule has 1 heterocycles. The Labute approximate surface area is 111 Å². The highest BCUT2D eigenvalue weighted by atomic mass is 16.5. The molecule has 18 heavy (non-hydrogen) atoms. The van der Waals surface area contributed by atoms with Gasteiger partial charge in [0.1, 0.15) is 5.75 Å². The van der Waals surface area contributed by atoms with Gasteiger partial charge in [0, 0.05) is 6.04 Å². The molecule has 1 aromatic rings. The lowest BCUT2D eigenvalue weighted by molar-refractivity contribution is 0.242. The van der Waals surface area contributed by atoms with E-state index < -0.39 is 0 Å². The zero-order valence-electron chi connectivity index (χ0n) is 11.8. The Hall–Kier alpha value is -1.02. The first-order valence-corrected chi connectivity index (χ1v) is 7.12. The highest BCUT2D eigenvalue weighted by molar-refractivity contribution is 5.27. The second-order valence-electron chi connectivity index (χ2n) is 5.77. The topological polar surface area (TPSA) is 21.3 Å². The summed E-state index contributed by atoms with van der Waals surface area (Å²) in [5.41, 5.74) is 1.42. The third kappa shape index (κ3) is 4.02. The molecule has 100 valence electrons. The minimum atomic E-state index is 0.250. The number of hydrogen-bond donors (Lipinski definition) is 1. The largest absolute Gasteiger partial charge is 0.491 e. The predicted molar refractivity (Wildman–Crippen MR) is 76.1 cm³/mol. The number of benzene rings is 1. The molecule has 0 saturated carbocycles. The zero-order valence-corrected chi connectivity index (χ0v) is 11.8. The molecule has 0 spiro atoms. The number of nitrogens with one attached hydrogen (secondary N) is 1. The fraction of sp³-hybridized carbons (Fsp3) is 0.625. The second-order valence-corrected chi connectivity index (χ2v) is 5.77. The monoisotopic (exact) mass is 247 g/mol. The molecule has 1 fully saturated rings. The van der Waals surface area contributed by atoms with Gasteiger partial charge in [0.2, 0.25) is 0 Å². The van der Waals surface area contributed by atoms with Crippen molar-refractivity contribution in [3.05, 3.63) is 29.8 Å². The van der Waals surface area contributed by atoms with Gasteiger partial charge in [-0.15, -0.1) is 0 Å². The zero-order chi connectivity index (χ0) is 13.0. The summed E-state index contributed by atoms with van der Waals surface area (Å²) in [4.78, 5) is 0. The maximum Gasteiger partial charge on any atom is 0.119 e. The fourth-order valence-corrected chi connectivity index (χ4v) is 2.54. The maximum atomic E-state index is 5.66. The summed E-state index contributed by atoms with van der Waals surface area (Å²) in [6.45, 7) is 7.55. The van der Waals surface area contributed by atoms with Crippen LogP contribution in [0.5, 0.6) is 5.75 Å². The van der Waals surface area contributed by atoms with E-state index in [-0.39, 0.29) is 6.10 Å². The normalized spacial score (nSPS) is 24.2. The van der Waals surface area contributed by atoms with E-state index in [9.17, 15) is 0 Å². The Morgan fingerprint density at radius 1 is 1.22 bits per heavy atom. The molecule has 2 nitrogen and oxygen atoms in total. The number of piperidine rings is 1. The van der Waals surface area contributed by atoms with Crippen LogP contribution in [-0.4, -0.2) is 18.7 Å². The van der Waals surface area contributed by atoms with Crippen LogP contribution in [0, 0.1) is 5.92 Å². The third-order valence-electron chi connectivity index (χ3n) is 3.58. The molecule has 0 amide bonds. The van der Waals surface area contributed by atoms with Gasteiger partial charge < -0.3 is 10.1 Å². The first kappa shape index (κ1) is 13.4. The lowest BCUT2D eigenvalue weighted by Crippen LogP contribution is -2.37. The van der Waals surface area contributed by atoms with Crippen LogP contribution in [0.25, 0.3) is 0 Å². The molecule has 2 unspecified atom stereocenters. The highest BCUT2D eigenvalue weighted by Crippen LogP contribution is 2.21. The summed E-state index contributed by atoms with van der Waals surface area (Å²) in [7, 11) is 0. The van der Waals surface area contributed by atoms with Crippen molar-refractivity contribution in [2.45, 2.75) is 52.2 Å². The molecule has 2 heteroatoms. The molecule has 2 rings (SSSR count). The first-order chi connectivity index (χ1) is 8.63. The van der Waals surface area contributed by atoms with Gasteiger partial charge >= 0.3 is 0 Å². The minimum absolute atomic E-state index is 0.250. The molecular weight excluding hydrogens is 222 g/mol. The van der Waals surface area contributed by atoms with Crippen molar-refractivity contribution in [2.24, 2.45) is 5.92 Å². The van der Waals surface area contributed by atoms with Crippen LogP contribution in [0.4, 0.5) is 0 Å². The molecule has 1 aliphatic rings. The molecule has 0 aromatic heterocycles. The van der Waals surface area contributed by atoms with Crippen molar-refractivity contribution in [2.75, 3.05) is 6.54 Å². The van der Waals surface area contributed by atoms with Crippen LogP contribution in [0.2, 0.25) is 0 Å². The molecule has 1 aliphatic heterocycles. The average molecular weight is 247 g/mol. The number of hydrogen-bond acceptors (Lipinski definition) is 2. The molecule has 1 saturated heterocycles. The Balaban J connectivity index is 1.86. The van der Waals surface area contributed by atoms with E-state index in [1.165, 1.54) is 24.8 Å². The quantitative estimate of drug-likeness (QED) is 0.880. The van der Waals surface area contributed by atoms with Gasteiger partial charge in [-0.2, -0.15) is 0 Å². The number of rotatable bonds is 4. The summed E-state index contributed by atoms with van der Waals surface area (Å²) in [5.74, 6) is 1.77. The minimum Gasteiger partial charge on any atom is -0.491 e. The lowest BCUT2D eigenvalue weighted by Gasteiger charge is -2.27. The SMILES string of the molecule is CC1CCC(Cc2ccc(OC(C)C)cc2)CN1. The fourth-order valence-electron chi connectivity index (χ4n) is 2.54. The van der Waals surface area contributed by atoms with Gasteiger partial charge in [-0.3, -0.25) is 0 Å². The third-order valence-corrected chi connectivity index (χ3v) is 3.58. The van der Waals surface area contributed by atoms with Gasteiger partial charge in [0.25, 0.3) is 0 Å². The lowest BCUT2D eigenvalue weighted by atomic mass is 9.90. The van der Waals surface area contributed by atoms with E-state index in [0.717, 1.165) is 18.2 Å². The molecule has 0 radical (unpaired) electrons. The van der Waals surface area contributed by atoms with Crippen LogP contribution in [-0.2, 0) is 6.42 Å². The van der Waals surface area contributed by atoms with E-state index >= 15 is 0 Å². The van der Waals surface area contributed by atoms with Crippen molar-refractivity contribution < 1.29 is 4.74 Å². The summed E-state index contributed by atoms with van der Waals surface area (Å²) in [6.07, 6.45) is 4.08. The van der Waals surface area contributed by atoms with Crippen molar-refractivity contribution >= 4 is 0 Å². The van der Waals surface area contributed by atoms with Crippen molar-refractivity contribution in [3.8, 4) is 5.75 Å². The highest BCUT2D eigenvalue weighted by Gasteiger charge is 2.17. The Morgan fingerprint density at radius 3 is 2.50 bits per heavy atom. The van der Waals surface area contributed by atoms with E-state index in [0.29, 0.717) is 6.04 Å². The predicted octanol–water partition coefficient (Wildman–Crippen LogP) is 3.40. The van der Waals surface area contributed by atoms with Crippen molar-refractivity contribution in [3.63, 3.8) is 0 Å². The van der Waals surface area contributed by atoms with Gasteiger partial charge in [0.15, 0.2) is 0 Å². The Kier molecular flexibility index (Phi) is 4.65. The van der Waals surface area contributed by atoms with Crippen LogP contribution >= 0.6 is 0 Å². The Bertz CT molecular complexity index is 350. The standard InChI is InChI=1S/C16H25NO/c1-12(2)18-16-8-6-14(7-9-16)10-15-5-4-13(3)17-11-15/h6-9,12-13,15,17H,4-5,10-11H2,1-3H3. The van der Waals surface area contributed by atoms with Gasteiger partial charge in [-0.25, -0.2) is 0 Å². The second kappa shape index (κ2) is 6.24. The van der Waals surface area contributed by atoms with Crippen molar-refractivity contribution in [1.82, 2.24) is 5.32 Å². The van der Waals surface area contributed by atoms with Crippen LogP contribution < -0.4 is 10.1 Å². The number of ether oxygens (including phenoxy) is 1. The van der Waals surface area contributed by atoms with E-state index in [1.807, 2.05) is 0 Å². The Morgan fingerprint density at radius 2 is 1.94 bits per heavy atom. The van der Waals surface area contributed by atoms with Crippen LogP contribution in [0.1, 0.15) is 39.2 Å². The first-order valence-electron chi connectivity index (χ1n) is 7.12. The van der Waals surface area contributed by atoms with E-state index in [1.54, 1.807) is 0 Å². The molecule has 0 bridgehead atoms. The van der Waals surface area contributed by atoms with E-state index in [2.05, 4.69) is 50.4 Å². The summed E-state index contributed by atoms with van der Waals surface area (Å²) >= 11 is 0. The average Bonchev–Trinajstić information content (AvgIpc) is 2.34. The maximum absolute atomic E-state index is 5.66. The molecule has 1 aromatic carbocycles. The smallest absolute Gasteiger partial charge is 0.119 e. The van der Waals surface area contributed by atoms with E-state index in [4.69, 9.17) is 4.74 Å². The van der Waals surface area contributed by atoms with Gasteiger partial charge in [-0.05, 0) is 70.2 Å². The molecular formula is C16H25NO. The molecule has 0 aliphatic carbocycles. The van der Waals surface area contributed by atoms with Gasteiger partial charge in [0.05, 0.1) is 6.10 Å². The van der Waals surface area contributed by atoms with Crippen LogP contribution in [0.3, 0.4) is 0 Å². The summed E-state index contributed by atoms with van der Waals surface area (Å²) < 4.78 is 5.66. The van der Waals surface area contributed by atoms with Crippen molar-refractivity contribution in [1.29, 1.82) is 0 Å². The van der Waals surface area contributed by atoms with Gasteiger partial charge in [-0.1, -0.05) is 12.1 Å². The molecule has 1 N–H and O–H groups in total.